The van der Waals surface area contributed by atoms with Crippen molar-refractivity contribution in [1.29, 1.82) is 0 Å². The molecule has 3 aromatic rings. The van der Waals surface area contributed by atoms with E-state index in [1.54, 1.807) is 0 Å². The number of imidazole rings is 1. The maximum atomic E-state index is 12.2. The van der Waals surface area contributed by atoms with Crippen LogP contribution in [-0.4, -0.2) is 33.3 Å². The fourth-order valence-electron chi connectivity index (χ4n) is 1.58. The zero-order valence-corrected chi connectivity index (χ0v) is 12.4. The van der Waals surface area contributed by atoms with Gasteiger partial charge in [0.2, 0.25) is 5.95 Å². The number of anilines is 1. The normalized spacial score (nSPS) is 11.7. The number of aromatic amines is 1. The summed E-state index contributed by atoms with van der Waals surface area (Å²) in [6.07, 6.45) is 3.88. The standard InChI is InChI=1S/C10H6Cl2N6O2S/c11-5-1-2-13-3-6(5)21(19,20)18-10-16-8(12)7-9(17-10)15-4-14-7/h1-4H,(H2,14,15,16,17,18). The zero-order valence-electron chi connectivity index (χ0n) is 10.1. The van der Waals surface area contributed by atoms with Crippen LogP contribution < -0.4 is 4.72 Å². The second-order valence-electron chi connectivity index (χ2n) is 3.85. The van der Waals surface area contributed by atoms with E-state index in [9.17, 15) is 8.42 Å². The highest BCUT2D eigenvalue weighted by atomic mass is 35.5. The average molecular weight is 345 g/mol. The summed E-state index contributed by atoms with van der Waals surface area (Å²) in [7, 11) is -3.98. The molecule has 108 valence electrons. The Morgan fingerprint density at radius 1 is 1.24 bits per heavy atom. The molecule has 21 heavy (non-hydrogen) atoms. The molecule has 0 amide bonds. The highest BCUT2D eigenvalue weighted by Gasteiger charge is 2.20. The first-order chi connectivity index (χ1) is 9.97. The van der Waals surface area contributed by atoms with Crippen LogP contribution in [0.4, 0.5) is 5.95 Å². The second kappa shape index (κ2) is 5.10. The maximum absolute atomic E-state index is 12.2. The van der Waals surface area contributed by atoms with E-state index in [2.05, 4.69) is 29.6 Å². The number of fused-ring (bicyclic) bond motifs is 1. The van der Waals surface area contributed by atoms with Gasteiger partial charge in [0.15, 0.2) is 10.8 Å². The van der Waals surface area contributed by atoms with E-state index in [0.717, 1.165) is 6.20 Å². The van der Waals surface area contributed by atoms with Crippen LogP contribution in [-0.2, 0) is 10.0 Å². The Morgan fingerprint density at radius 3 is 2.81 bits per heavy atom. The summed E-state index contributed by atoms with van der Waals surface area (Å²) in [5.41, 5.74) is 0.656. The lowest BCUT2D eigenvalue weighted by atomic mass is 10.5. The van der Waals surface area contributed by atoms with Crippen molar-refractivity contribution < 1.29 is 8.42 Å². The molecule has 3 heterocycles. The molecule has 0 aromatic carbocycles. The first-order valence-electron chi connectivity index (χ1n) is 5.46. The summed E-state index contributed by atoms with van der Waals surface area (Å²) in [6, 6.07) is 1.36. The molecular weight excluding hydrogens is 339 g/mol. The lowest BCUT2D eigenvalue weighted by Crippen LogP contribution is -2.16. The summed E-state index contributed by atoms with van der Waals surface area (Å²) in [5.74, 6) is -0.209. The van der Waals surface area contributed by atoms with Crippen LogP contribution in [0.25, 0.3) is 11.2 Å². The number of H-pyrrole nitrogens is 1. The molecular formula is C10H6Cl2N6O2S. The second-order valence-corrected chi connectivity index (χ2v) is 6.27. The number of nitrogens with one attached hydrogen (secondary N) is 2. The van der Waals surface area contributed by atoms with Crippen LogP contribution in [0.1, 0.15) is 0 Å². The third kappa shape index (κ3) is 2.62. The lowest BCUT2D eigenvalue weighted by molar-refractivity contribution is 0.600. The van der Waals surface area contributed by atoms with E-state index < -0.39 is 10.0 Å². The monoisotopic (exact) mass is 344 g/mol. The summed E-state index contributed by atoms with van der Waals surface area (Å²) in [4.78, 5) is 18.0. The van der Waals surface area contributed by atoms with Crippen molar-refractivity contribution in [1.82, 2.24) is 24.9 Å². The van der Waals surface area contributed by atoms with Crippen LogP contribution in [0.2, 0.25) is 10.2 Å². The van der Waals surface area contributed by atoms with Crippen LogP contribution >= 0.6 is 23.2 Å². The number of hydrogen-bond acceptors (Lipinski definition) is 6. The van der Waals surface area contributed by atoms with E-state index in [4.69, 9.17) is 23.2 Å². The number of aromatic nitrogens is 5. The number of halogens is 2. The molecule has 0 bridgehead atoms. The van der Waals surface area contributed by atoms with Gasteiger partial charge in [-0.25, -0.2) is 18.1 Å². The lowest BCUT2D eigenvalue weighted by Gasteiger charge is -2.07. The molecule has 0 atom stereocenters. The molecule has 0 aliphatic carbocycles. The molecule has 11 heteroatoms. The van der Waals surface area contributed by atoms with Crippen molar-refractivity contribution in [3.05, 3.63) is 35.0 Å². The van der Waals surface area contributed by atoms with E-state index in [1.807, 2.05) is 0 Å². The van der Waals surface area contributed by atoms with Crippen LogP contribution in [0, 0.1) is 0 Å². The van der Waals surface area contributed by atoms with Gasteiger partial charge in [0, 0.05) is 12.4 Å². The summed E-state index contributed by atoms with van der Waals surface area (Å²) in [6.45, 7) is 0. The van der Waals surface area contributed by atoms with Crippen molar-refractivity contribution in [2.45, 2.75) is 4.90 Å². The maximum Gasteiger partial charge on any atom is 0.267 e. The number of hydrogen-bond donors (Lipinski definition) is 2. The number of sulfonamides is 1. The minimum atomic E-state index is -3.98. The fourth-order valence-corrected chi connectivity index (χ4v) is 3.17. The largest absolute Gasteiger partial charge is 0.341 e. The van der Waals surface area contributed by atoms with E-state index in [1.165, 1.54) is 18.6 Å². The molecule has 0 fully saturated rings. The van der Waals surface area contributed by atoms with Crippen molar-refractivity contribution in [2.24, 2.45) is 0 Å². The van der Waals surface area contributed by atoms with Gasteiger partial charge in [-0.3, -0.25) is 4.98 Å². The third-order valence-corrected chi connectivity index (χ3v) is 4.56. The van der Waals surface area contributed by atoms with Crippen molar-refractivity contribution >= 4 is 50.3 Å². The quantitative estimate of drug-likeness (QED) is 0.701. The number of rotatable bonds is 3. The molecule has 0 spiro atoms. The van der Waals surface area contributed by atoms with Gasteiger partial charge in [-0.1, -0.05) is 23.2 Å². The molecule has 3 aromatic heterocycles. The minimum Gasteiger partial charge on any atom is -0.341 e. The minimum absolute atomic E-state index is 0.0319. The molecule has 0 radical (unpaired) electrons. The number of pyridine rings is 1. The Labute approximate surface area is 128 Å². The van der Waals surface area contributed by atoms with Crippen molar-refractivity contribution in [2.75, 3.05) is 4.72 Å². The van der Waals surface area contributed by atoms with Gasteiger partial charge in [0.1, 0.15) is 10.4 Å². The van der Waals surface area contributed by atoms with Crippen LogP contribution in [0.3, 0.4) is 0 Å². The van der Waals surface area contributed by atoms with Gasteiger partial charge in [-0.2, -0.15) is 9.97 Å². The van der Waals surface area contributed by atoms with E-state index in [0.29, 0.717) is 5.52 Å². The SMILES string of the molecule is O=S(=O)(Nc1nc(Cl)c2[nH]cnc2n1)c1cnccc1Cl. The molecule has 0 aliphatic rings. The molecule has 0 saturated carbocycles. The summed E-state index contributed by atoms with van der Waals surface area (Å²) < 4.78 is 26.6. The van der Waals surface area contributed by atoms with E-state index in [-0.39, 0.29) is 26.7 Å². The summed E-state index contributed by atoms with van der Waals surface area (Å²) >= 11 is 11.8. The molecule has 0 unspecified atom stereocenters. The summed E-state index contributed by atoms with van der Waals surface area (Å²) in [5, 5.41) is 0.0805. The Hall–Kier alpha value is -1.97. The number of nitrogens with zero attached hydrogens (tertiary/aromatic N) is 4. The fraction of sp³-hybridized carbons (Fsp3) is 0. The third-order valence-electron chi connectivity index (χ3n) is 2.49. The predicted octanol–water partition coefficient (Wildman–Crippen LogP) is 1.86. The van der Waals surface area contributed by atoms with Crippen molar-refractivity contribution in [3.8, 4) is 0 Å². The first-order valence-corrected chi connectivity index (χ1v) is 7.70. The predicted molar refractivity (Wildman–Crippen MR) is 76.7 cm³/mol. The van der Waals surface area contributed by atoms with Gasteiger partial charge in [0.05, 0.1) is 11.3 Å². The van der Waals surface area contributed by atoms with Gasteiger partial charge in [-0.05, 0) is 6.07 Å². The van der Waals surface area contributed by atoms with Crippen molar-refractivity contribution in [3.63, 3.8) is 0 Å². The first kappa shape index (κ1) is 14.0. The smallest absolute Gasteiger partial charge is 0.267 e. The molecule has 8 nitrogen and oxygen atoms in total. The van der Waals surface area contributed by atoms with Gasteiger partial charge in [-0.15, -0.1) is 0 Å². The van der Waals surface area contributed by atoms with Gasteiger partial charge < -0.3 is 4.98 Å². The van der Waals surface area contributed by atoms with E-state index >= 15 is 0 Å². The topological polar surface area (TPSA) is 114 Å². The Kier molecular flexibility index (Phi) is 3.40. The van der Waals surface area contributed by atoms with Gasteiger partial charge >= 0.3 is 0 Å². The highest BCUT2D eigenvalue weighted by molar-refractivity contribution is 7.92. The molecule has 0 saturated heterocycles. The highest BCUT2D eigenvalue weighted by Crippen LogP contribution is 2.23. The molecule has 2 N–H and O–H groups in total. The van der Waals surface area contributed by atoms with Gasteiger partial charge in [0.25, 0.3) is 10.0 Å². The molecule has 3 rings (SSSR count). The Balaban J connectivity index is 2.03. The average Bonchev–Trinajstić information content (AvgIpc) is 2.87. The zero-order chi connectivity index (χ0) is 15.0. The Morgan fingerprint density at radius 2 is 2.05 bits per heavy atom. The van der Waals surface area contributed by atoms with Crippen LogP contribution in [0.15, 0.2) is 29.7 Å². The Bertz CT molecular complexity index is 926. The van der Waals surface area contributed by atoms with Crippen LogP contribution in [0.5, 0.6) is 0 Å². The molecule has 0 aliphatic heterocycles.